The van der Waals surface area contributed by atoms with E-state index in [2.05, 4.69) is 15.6 Å². The molecule has 1 spiro atoms. The van der Waals surface area contributed by atoms with E-state index in [-0.39, 0.29) is 5.79 Å². The molecule has 2 fully saturated rings. The zero-order chi connectivity index (χ0) is 13.0. The van der Waals surface area contributed by atoms with Crippen molar-refractivity contribution in [2.45, 2.75) is 50.5 Å². The van der Waals surface area contributed by atoms with Crippen molar-refractivity contribution in [2.75, 3.05) is 19.8 Å². The van der Waals surface area contributed by atoms with Gasteiger partial charge in [-0.3, -0.25) is 4.68 Å². The lowest BCUT2D eigenvalue weighted by molar-refractivity contribution is -0.179. The van der Waals surface area contributed by atoms with Crippen LogP contribution < -0.4 is 5.32 Å². The number of hydrogen-bond acceptors (Lipinski definition) is 5. The van der Waals surface area contributed by atoms with Gasteiger partial charge < -0.3 is 14.8 Å². The predicted octanol–water partition coefficient (Wildman–Crippen LogP) is 0.943. The van der Waals surface area contributed by atoms with Crippen LogP contribution in [0.5, 0.6) is 0 Å². The average Bonchev–Trinajstić information content (AvgIpc) is 3.09. The lowest BCUT2D eigenvalue weighted by Gasteiger charge is -2.35. The van der Waals surface area contributed by atoms with Gasteiger partial charge in [-0.05, 0) is 25.8 Å². The van der Waals surface area contributed by atoms with Gasteiger partial charge in [0.2, 0.25) is 0 Å². The molecule has 1 N–H and O–H groups in total. The van der Waals surface area contributed by atoms with Crippen molar-refractivity contribution in [3.05, 3.63) is 12.4 Å². The molecule has 0 atom stereocenters. The first-order chi connectivity index (χ1) is 9.36. The molecule has 0 bridgehead atoms. The Labute approximate surface area is 113 Å². The summed E-state index contributed by atoms with van der Waals surface area (Å²) in [6.45, 7) is 3.47. The van der Waals surface area contributed by atoms with Crippen LogP contribution in [0.1, 0.15) is 32.1 Å². The van der Waals surface area contributed by atoms with Gasteiger partial charge in [-0.2, -0.15) is 0 Å². The quantitative estimate of drug-likeness (QED) is 0.804. The van der Waals surface area contributed by atoms with Crippen molar-refractivity contribution in [2.24, 2.45) is 0 Å². The number of nitrogens with zero attached hydrogens (tertiary/aromatic N) is 3. The number of nitrogens with one attached hydrogen (secondary N) is 1. The third-order valence-electron chi connectivity index (χ3n) is 4.03. The van der Waals surface area contributed by atoms with Crippen LogP contribution in [0.25, 0.3) is 0 Å². The smallest absolute Gasteiger partial charge is 0.168 e. The van der Waals surface area contributed by atoms with E-state index in [1.165, 1.54) is 0 Å². The summed E-state index contributed by atoms with van der Waals surface area (Å²) < 4.78 is 13.3. The van der Waals surface area contributed by atoms with Gasteiger partial charge in [0.05, 0.1) is 19.4 Å². The first kappa shape index (κ1) is 13.0. The summed E-state index contributed by atoms with van der Waals surface area (Å²) in [7, 11) is 0. The molecule has 1 aromatic heterocycles. The molecule has 6 nitrogen and oxygen atoms in total. The Morgan fingerprint density at radius 2 is 2.05 bits per heavy atom. The third-order valence-corrected chi connectivity index (χ3v) is 4.03. The van der Waals surface area contributed by atoms with Crippen LogP contribution in [0.15, 0.2) is 12.4 Å². The molecule has 0 radical (unpaired) electrons. The van der Waals surface area contributed by atoms with E-state index < -0.39 is 0 Å². The fourth-order valence-electron chi connectivity index (χ4n) is 2.95. The molecule has 1 aliphatic heterocycles. The fraction of sp³-hybridized carbons (Fsp3) is 0.846. The third kappa shape index (κ3) is 3.32. The molecule has 6 heteroatoms. The van der Waals surface area contributed by atoms with Gasteiger partial charge in [0, 0.05) is 31.6 Å². The van der Waals surface area contributed by atoms with Crippen molar-refractivity contribution in [3.63, 3.8) is 0 Å². The highest BCUT2D eigenvalue weighted by atomic mass is 16.7. The summed E-state index contributed by atoms with van der Waals surface area (Å²) in [6, 6.07) is 0.606. The molecular weight excluding hydrogens is 244 g/mol. The molecular formula is C13H22N4O2. The molecule has 1 saturated heterocycles. The largest absolute Gasteiger partial charge is 0.348 e. The van der Waals surface area contributed by atoms with Gasteiger partial charge >= 0.3 is 0 Å². The second kappa shape index (κ2) is 5.98. The number of aromatic nitrogens is 3. The van der Waals surface area contributed by atoms with E-state index in [0.717, 1.165) is 58.4 Å². The highest BCUT2D eigenvalue weighted by Crippen LogP contribution is 2.35. The Kier molecular flexibility index (Phi) is 4.10. The fourth-order valence-corrected chi connectivity index (χ4v) is 2.95. The highest BCUT2D eigenvalue weighted by Gasteiger charge is 2.39. The Bertz CT molecular complexity index is 366. The van der Waals surface area contributed by atoms with Crippen molar-refractivity contribution >= 4 is 0 Å². The van der Waals surface area contributed by atoms with Crippen LogP contribution in [0.2, 0.25) is 0 Å². The minimum absolute atomic E-state index is 0.237. The Hall–Kier alpha value is -0.980. The minimum Gasteiger partial charge on any atom is -0.348 e. The Morgan fingerprint density at radius 3 is 2.74 bits per heavy atom. The molecule has 0 amide bonds. The second-order valence-electron chi connectivity index (χ2n) is 5.36. The van der Waals surface area contributed by atoms with Gasteiger partial charge in [-0.25, -0.2) is 0 Å². The Balaban J connectivity index is 1.31. The highest BCUT2D eigenvalue weighted by molar-refractivity contribution is 4.85. The summed E-state index contributed by atoms with van der Waals surface area (Å²) in [5, 5.41) is 11.4. The van der Waals surface area contributed by atoms with Crippen LogP contribution in [0, 0.1) is 0 Å². The van der Waals surface area contributed by atoms with Crippen molar-refractivity contribution in [3.8, 4) is 0 Å². The van der Waals surface area contributed by atoms with E-state index in [1.54, 1.807) is 6.20 Å². The Morgan fingerprint density at radius 1 is 1.26 bits per heavy atom. The molecule has 0 aromatic carbocycles. The topological polar surface area (TPSA) is 61.2 Å². The van der Waals surface area contributed by atoms with Crippen molar-refractivity contribution in [1.29, 1.82) is 0 Å². The summed E-state index contributed by atoms with van der Waals surface area (Å²) in [6.07, 6.45) is 9.03. The van der Waals surface area contributed by atoms with E-state index >= 15 is 0 Å². The zero-order valence-corrected chi connectivity index (χ0v) is 11.3. The normalized spacial score (nSPS) is 23.2. The van der Waals surface area contributed by atoms with Crippen LogP contribution in [0.4, 0.5) is 0 Å². The molecule has 0 unspecified atom stereocenters. The van der Waals surface area contributed by atoms with E-state index in [0.29, 0.717) is 6.04 Å². The number of ether oxygens (including phenoxy) is 2. The van der Waals surface area contributed by atoms with Crippen molar-refractivity contribution in [1.82, 2.24) is 20.3 Å². The monoisotopic (exact) mass is 266 g/mol. The van der Waals surface area contributed by atoms with Gasteiger partial charge in [-0.1, -0.05) is 5.21 Å². The molecule has 2 heterocycles. The first-order valence-electron chi connectivity index (χ1n) is 7.22. The standard InChI is InChI=1S/C13H22N4O2/c1(8-17-9-7-15-16-17)6-14-12-2-4-13(5-3-12)18-10-11-19-13/h7,9,12,14H,1-6,8,10-11H2. The SMILES string of the molecule is c1cn(CCCNC2CCC3(CC2)OCCO3)nn1. The summed E-state index contributed by atoms with van der Waals surface area (Å²) in [5.41, 5.74) is 0. The maximum Gasteiger partial charge on any atom is 0.168 e. The van der Waals surface area contributed by atoms with Crippen LogP contribution in [-0.4, -0.2) is 46.6 Å². The first-order valence-corrected chi connectivity index (χ1v) is 7.22. The van der Waals surface area contributed by atoms with E-state index in [9.17, 15) is 0 Å². The zero-order valence-electron chi connectivity index (χ0n) is 11.3. The van der Waals surface area contributed by atoms with Crippen LogP contribution >= 0.6 is 0 Å². The predicted molar refractivity (Wildman–Crippen MR) is 69.5 cm³/mol. The average molecular weight is 266 g/mol. The molecule has 3 rings (SSSR count). The van der Waals surface area contributed by atoms with Gasteiger partial charge in [0.1, 0.15) is 0 Å². The van der Waals surface area contributed by atoms with Crippen LogP contribution in [-0.2, 0) is 16.0 Å². The van der Waals surface area contributed by atoms with E-state index in [1.807, 2.05) is 10.9 Å². The van der Waals surface area contributed by atoms with Crippen LogP contribution in [0.3, 0.4) is 0 Å². The molecule has 1 aliphatic carbocycles. The summed E-state index contributed by atoms with van der Waals surface area (Å²) >= 11 is 0. The molecule has 2 aliphatic rings. The molecule has 1 saturated carbocycles. The lowest BCUT2D eigenvalue weighted by Crippen LogP contribution is -2.42. The van der Waals surface area contributed by atoms with Gasteiger partial charge in [0.25, 0.3) is 0 Å². The van der Waals surface area contributed by atoms with Gasteiger partial charge in [-0.15, -0.1) is 5.10 Å². The number of rotatable bonds is 5. The molecule has 19 heavy (non-hydrogen) atoms. The molecule has 1 aromatic rings. The summed E-state index contributed by atoms with van der Waals surface area (Å²) in [5.74, 6) is -0.237. The molecule has 106 valence electrons. The minimum atomic E-state index is -0.237. The van der Waals surface area contributed by atoms with E-state index in [4.69, 9.17) is 9.47 Å². The number of hydrogen-bond donors (Lipinski definition) is 1. The maximum atomic E-state index is 5.74. The maximum absolute atomic E-state index is 5.74. The van der Waals surface area contributed by atoms with Crippen molar-refractivity contribution < 1.29 is 9.47 Å². The second-order valence-corrected chi connectivity index (χ2v) is 5.36. The number of aryl methyl sites for hydroxylation is 1. The lowest BCUT2D eigenvalue weighted by atomic mass is 9.90. The summed E-state index contributed by atoms with van der Waals surface area (Å²) in [4.78, 5) is 0. The van der Waals surface area contributed by atoms with Gasteiger partial charge in [0.15, 0.2) is 5.79 Å².